The van der Waals surface area contributed by atoms with Gasteiger partial charge in [0.05, 0.1) is 4.92 Å². The molecule has 1 aromatic rings. The molecule has 9 heteroatoms. The zero-order valence-electron chi connectivity index (χ0n) is 11.2. The minimum Gasteiger partial charge on any atom is -0.480 e. The highest BCUT2D eigenvalue weighted by molar-refractivity contribution is 5.86. The molecular formula is C11H16N4O5. The lowest BCUT2D eigenvalue weighted by atomic mass is 9.99. The van der Waals surface area contributed by atoms with Crippen molar-refractivity contribution in [2.45, 2.75) is 38.8 Å². The van der Waals surface area contributed by atoms with Gasteiger partial charge in [-0.15, -0.1) is 0 Å². The molecule has 0 aliphatic rings. The summed E-state index contributed by atoms with van der Waals surface area (Å²) in [6.45, 7) is 3.22. The van der Waals surface area contributed by atoms with Crippen LogP contribution in [0.1, 0.15) is 26.7 Å². The lowest BCUT2D eigenvalue weighted by Crippen LogP contribution is -2.51. The molecule has 20 heavy (non-hydrogen) atoms. The second-order valence-corrected chi connectivity index (χ2v) is 4.51. The fourth-order valence-electron chi connectivity index (χ4n) is 1.45. The SMILES string of the molecule is CCC(C)(NC(=O)CCn1cc([N+](=O)[O-])cn1)C(=O)O. The zero-order valence-corrected chi connectivity index (χ0v) is 11.2. The average molecular weight is 284 g/mol. The van der Waals surface area contributed by atoms with Crippen molar-refractivity contribution in [3.63, 3.8) is 0 Å². The van der Waals surface area contributed by atoms with Crippen LogP contribution >= 0.6 is 0 Å². The van der Waals surface area contributed by atoms with Crippen molar-refractivity contribution in [1.29, 1.82) is 0 Å². The molecule has 1 atom stereocenters. The van der Waals surface area contributed by atoms with Crippen LogP contribution < -0.4 is 5.32 Å². The molecule has 0 aromatic carbocycles. The maximum absolute atomic E-state index is 11.7. The van der Waals surface area contributed by atoms with Gasteiger partial charge < -0.3 is 10.4 Å². The molecule has 0 aliphatic carbocycles. The summed E-state index contributed by atoms with van der Waals surface area (Å²) in [5.74, 6) is -1.56. The van der Waals surface area contributed by atoms with Gasteiger partial charge in [-0.25, -0.2) is 4.79 Å². The summed E-state index contributed by atoms with van der Waals surface area (Å²) >= 11 is 0. The van der Waals surface area contributed by atoms with E-state index in [1.807, 2.05) is 0 Å². The predicted octanol–water partition coefficient (Wildman–Crippen LogP) is 0.551. The Morgan fingerprint density at radius 3 is 2.70 bits per heavy atom. The summed E-state index contributed by atoms with van der Waals surface area (Å²) in [5.41, 5.74) is -1.47. The number of rotatable bonds is 7. The quantitative estimate of drug-likeness (QED) is 0.556. The van der Waals surface area contributed by atoms with Gasteiger partial charge in [0, 0.05) is 13.0 Å². The topological polar surface area (TPSA) is 127 Å². The van der Waals surface area contributed by atoms with Crippen LogP contribution in [0.15, 0.2) is 12.4 Å². The number of amides is 1. The van der Waals surface area contributed by atoms with Gasteiger partial charge in [0.15, 0.2) is 0 Å². The van der Waals surface area contributed by atoms with Gasteiger partial charge in [-0.2, -0.15) is 5.10 Å². The van der Waals surface area contributed by atoms with Crippen LogP contribution in [0.4, 0.5) is 5.69 Å². The van der Waals surface area contributed by atoms with Gasteiger partial charge in [0.2, 0.25) is 5.91 Å². The fraction of sp³-hybridized carbons (Fsp3) is 0.545. The van der Waals surface area contributed by atoms with Crippen LogP contribution in [-0.2, 0) is 16.1 Å². The Bertz CT molecular complexity index is 527. The minimum atomic E-state index is -1.31. The number of aryl methyl sites for hydroxylation is 1. The number of nitro groups is 1. The standard InChI is InChI=1S/C11H16N4O5/c1-3-11(2,10(17)18)13-9(16)4-5-14-7-8(6-12-14)15(19)20/h6-7H,3-5H2,1-2H3,(H,13,16)(H,17,18). The van der Waals surface area contributed by atoms with E-state index in [9.17, 15) is 19.7 Å². The molecule has 9 nitrogen and oxygen atoms in total. The number of hydrogen-bond donors (Lipinski definition) is 2. The first-order chi connectivity index (χ1) is 9.28. The first kappa shape index (κ1) is 15.6. The number of hydrogen-bond acceptors (Lipinski definition) is 5. The third kappa shape index (κ3) is 3.77. The van der Waals surface area contributed by atoms with E-state index in [-0.39, 0.29) is 25.1 Å². The zero-order chi connectivity index (χ0) is 15.3. The molecule has 1 rings (SSSR count). The van der Waals surface area contributed by atoms with Crippen LogP contribution in [-0.4, -0.2) is 37.2 Å². The Hall–Kier alpha value is -2.45. The Balaban J connectivity index is 2.54. The molecule has 0 radical (unpaired) electrons. The highest BCUT2D eigenvalue weighted by Crippen LogP contribution is 2.11. The smallest absolute Gasteiger partial charge is 0.329 e. The van der Waals surface area contributed by atoms with Crippen molar-refractivity contribution in [2.75, 3.05) is 0 Å². The molecule has 1 unspecified atom stereocenters. The van der Waals surface area contributed by atoms with E-state index in [0.717, 1.165) is 6.20 Å². The molecule has 1 aromatic heterocycles. The number of carbonyl (C=O) groups excluding carboxylic acids is 1. The number of nitrogens with one attached hydrogen (secondary N) is 1. The summed E-state index contributed by atoms with van der Waals surface area (Å²) in [6.07, 6.45) is 2.54. The molecule has 0 bridgehead atoms. The van der Waals surface area contributed by atoms with E-state index in [1.165, 1.54) is 17.8 Å². The van der Waals surface area contributed by atoms with Gasteiger partial charge in [-0.05, 0) is 13.3 Å². The van der Waals surface area contributed by atoms with Crippen molar-refractivity contribution >= 4 is 17.6 Å². The fourth-order valence-corrected chi connectivity index (χ4v) is 1.45. The van der Waals surface area contributed by atoms with Crippen molar-refractivity contribution in [3.05, 3.63) is 22.5 Å². The lowest BCUT2D eigenvalue weighted by Gasteiger charge is -2.24. The maximum atomic E-state index is 11.7. The monoisotopic (exact) mass is 284 g/mol. The largest absolute Gasteiger partial charge is 0.480 e. The van der Waals surface area contributed by atoms with Crippen molar-refractivity contribution in [2.24, 2.45) is 0 Å². The molecule has 0 saturated carbocycles. The maximum Gasteiger partial charge on any atom is 0.329 e. The van der Waals surface area contributed by atoms with Crippen LogP contribution in [0.5, 0.6) is 0 Å². The van der Waals surface area contributed by atoms with E-state index < -0.39 is 22.3 Å². The highest BCUT2D eigenvalue weighted by atomic mass is 16.6. The van der Waals surface area contributed by atoms with E-state index in [0.29, 0.717) is 0 Å². The van der Waals surface area contributed by atoms with E-state index in [2.05, 4.69) is 10.4 Å². The number of carboxylic acids is 1. The van der Waals surface area contributed by atoms with Crippen LogP contribution in [0.3, 0.4) is 0 Å². The van der Waals surface area contributed by atoms with E-state index in [1.54, 1.807) is 6.92 Å². The van der Waals surface area contributed by atoms with Crippen LogP contribution in [0.25, 0.3) is 0 Å². The summed E-state index contributed by atoms with van der Waals surface area (Å²) < 4.78 is 1.27. The van der Waals surface area contributed by atoms with Gasteiger partial charge in [-0.1, -0.05) is 6.92 Å². The van der Waals surface area contributed by atoms with E-state index >= 15 is 0 Å². The summed E-state index contributed by atoms with van der Waals surface area (Å²) in [4.78, 5) is 32.6. The first-order valence-electron chi connectivity index (χ1n) is 5.99. The summed E-state index contributed by atoms with van der Waals surface area (Å²) in [7, 11) is 0. The van der Waals surface area contributed by atoms with E-state index in [4.69, 9.17) is 5.11 Å². The van der Waals surface area contributed by atoms with Gasteiger partial charge >= 0.3 is 11.7 Å². The van der Waals surface area contributed by atoms with Gasteiger partial charge in [0.25, 0.3) is 0 Å². The number of carbonyl (C=O) groups is 2. The number of aromatic nitrogens is 2. The molecule has 0 saturated heterocycles. The molecule has 0 spiro atoms. The van der Waals surface area contributed by atoms with Crippen molar-refractivity contribution < 1.29 is 19.6 Å². The third-order valence-corrected chi connectivity index (χ3v) is 2.99. The number of nitrogens with zero attached hydrogens (tertiary/aromatic N) is 3. The summed E-state index contributed by atoms with van der Waals surface area (Å²) in [6, 6.07) is 0. The summed E-state index contributed by atoms with van der Waals surface area (Å²) in [5, 5.41) is 25.7. The predicted molar refractivity (Wildman–Crippen MR) is 68.0 cm³/mol. The Morgan fingerprint density at radius 1 is 1.60 bits per heavy atom. The Kier molecular flexibility index (Phi) is 4.78. The molecule has 1 heterocycles. The second kappa shape index (κ2) is 6.13. The lowest BCUT2D eigenvalue weighted by molar-refractivity contribution is -0.385. The molecule has 0 fully saturated rings. The van der Waals surface area contributed by atoms with Gasteiger partial charge in [0.1, 0.15) is 17.9 Å². The minimum absolute atomic E-state index is 0.0122. The third-order valence-electron chi connectivity index (χ3n) is 2.99. The molecule has 0 aliphatic heterocycles. The molecular weight excluding hydrogens is 268 g/mol. The molecule has 2 N–H and O–H groups in total. The molecule has 1 amide bonds. The Morgan fingerprint density at radius 2 is 2.25 bits per heavy atom. The highest BCUT2D eigenvalue weighted by Gasteiger charge is 2.32. The Labute approximate surface area is 114 Å². The van der Waals surface area contributed by atoms with Crippen LogP contribution in [0, 0.1) is 10.1 Å². The second-order valence-electron chi connectivity index (χ2n) is 4.51. The van der Waals surface area contributed by atoms with Crippen molar-refractivity contribution in [3.8, 4) is 0 Å². The van der Waals surface area contributed by atoms with Crippen molar-refractivity contribution in [1.82, 2.24) is 15.1 Å². The van der Waals surface area contributed by atoms with Gasteiger partial charge in [-0.3, -0.25) is 19.6 Å². The normalized spacial score (nSPS) is 13.5. The first-order valence-corrected chi connectivity index (χ1v) is 5.99. The molecule has 110 valence electrons. The average Bonchev–Trinajstić information content (AvgIpc) is 2.85. The number of carboxylic acid groups (broad SMARTS) is 1. The number of aliphatic carboxylic acids is 1. The van der Waals surface area contributed by atoms with Crippen LogP contribution in [0.2, 0.25) is 0 Å².